The molecule has 6 heteroatoms. The Bertz CT molecular complexity index is 314. The zero-order valence-electron chi connectivity index (χ0n) is 7.21. The predicted molar refractivity (Wildman–Crippen MR) is 50.1 cm³/mol. The van der Waals surface area contributed by atoms with Crippen molar-refractivity contribution in [2.75, 3.05) is 0 Å². The topological polar surface area (TPSA) is 74.6 Å². The van der Waals surface area contributed by atoms with Gasteiger partial charge in [0.2, 0.25) is 0 Å². The SMILES string of the molecule is O=S(=O)(O)O.[Li][CH2]c1ccccc1. The fourth-order valence-electron chi connectivity index (χ4n) is 0.714. The number of hydrogen-bond donors (Lipinski definition) is 2. The fraction of sp³-hybridized carbons (Fsp3) is 0.143. The molecule has 0 aliphatic heterocycles. The van der Waals surface area contributed by atoms with E-state index in [1.807, 2.05) is 6.07 Å². The molecule has 0 bridgehead atoms. The van der Waals surface area contributed by atoms with Crippen LogP contribution in [0.15, 0.2) is 30.3 Å². The van der Waals surface area contributed by atoms with Gasteiger partial charge in [-0.05, 0) is 0 Å². The van der Waals surface area contributed by atoms with E-state index in [9.17, 15) is 0 Å². The summed E-state index contributed by atoms with van der Waals surface area (Å²) in [6.45, 7) is 0. The molecule has 0 aliphatic rings. The zero-order chi connectivity index (χ0) is 10.3. The molecule has 0 spiro atoms. The molecule has 1 rings (SSSR count). The van der Waals surface area contributed by atoms with Crippen LogP contribution < -0.4 is 0 Å². The van der Waals surface area contributed by atoms with Crippen molar-refractivity contribution in [1.29, 1.82) is 0 Å². The van der Waals surface area contributed by atoms with Gasteiger partial charge in [-0.2, -0.15) is 8.42 Å². The second-order valence-corrected chi connectivity index (χ2v) is 3.18. The van der Waals surface area contributed by atoms with Crippen molar-refractivity contribution >= 4 is 28.1 Å². The van der Waals surface area contributed by atoms with Crippen molar-refractivity contribution in [1.82, 2.24) is 0 Å². The van der Waals surface area contributed by atoms with E-state index in [0.717, 1.165) is 5.09 Å². The first-order chi connectivity index (χ1) is 5.93. The maximum absolute atomic E-state index is 8.74. The second-order valence-electron chi connectivity index (χ2n) is 2.29. The predicted octanol–water partition coefficient (Wildman–Crippen LogP) is 0.702. The van der Waals surface area contributed by atoms with E-state index in [1.165, 1.54) is 5.56 Å². The molecule has 0 fully saturated rings. The molecule has 0 aromatic heterocycles. The zero-order valence-corrected chi connectivity index (χ0v) is 8.03. The van der Waals surface area contributed by atoms with E-state index in [0.29, 0.717) is 0 Å². The minimum atomic E-state index is -4.67. The molecule has 0 unspecified atom stereocenters. The molecule has 0 saturated heterocycles. The van der Waals surface area contributed by atoms with Gasteiger partial charge in [-0.15, -0.1) is 0 Å². The van der Waals surface area contributed by atoms with Crippen molar-refractivity contribution < 1.29 is 17.5 Å². The van der Waals surface area contributed by atoms with Crippen molar-refractivity contribution in [3.8, 4) is 0 Å². The van der Waals surface area contributed by atoms with Gasteiger partial charge >= 0.3 is 69.1 Å². The molecule has 13 heavy (non-hydrogen) atoms. The first-order valence-electron chi connectivity index (χ1n) is 3.67. The summed E-state index contributed by atoms with van der Waals surface area (Å²) in [7, 11) is -4.67. The van der Waals surface area contributed by atoms with Gasteiger partial charge in [0.15, 0.2) is 0 Å². The molecule has 1 aromatic carbocycles. The number of rotatable bonds is 1. The maximum atomic E-state index is 8.74. The van der Waals surface area contributed by atoms with Gasteiger partial charge < -0.3 is 0 Å². The van der Waals surface area contributed by atoms with Crippen LogP contribution in [0.1, 0.15) is 5.56 Å². The average Bonchev–Trinajstić information content (AvgIpc) is 2.03. The summed E-state index contributed by atoms with van der Waals surface area (Å²) in [6, 6.07) is 10.5. The van der Waals surface area contributed by atoms with Gasteiger partial charge in [0.25, 0.3) is 0 Å². The van der Waals surface area contributed by atoms with Gasteiger partial charge in [0.05, 0.1) is 0 Å². The van der Waals surface area contributed by atoms with Crippen LogP contribution in [0.5, 0.6) is 0 Å². The Morgan fingerprint density at radius 1 is 1.15 bits per heavy atom. The van der Waals surface area contributed by atoms with Gasteiger partial charge in [-0.3, -0.25) is 9.11 Å². The summed E-state index contributed by atoms with van der Waals surface area (Å²) in [5, 5.41) is 1.14. The molecule has 0 amide bonds. The van der Waals surface area contributed by atoms with Gasteiger partial charge in [-0.25, -0.2) is 0 Å². The summed E-state index contributed by atoms with van der Waals surface area (Å²) in [5.41, 5.74) is 1.41. The second kappa shape index (κ2) is 6.19. The van der Waals surface area contributed by atoms with E-state index < -0.39 is 10.4 Å². The molecule has 0 atom stereocenters. The minimum absolute atomic E-state index is 1.14. The Kier molecular flexibility index (Phi) is 6.04. The van der Waals surface area contributed by atoms with Crippen LogP contribution in [0.25, 0.3) is 0 Å². The molecule has 1 aromatic rings. The first kappa shape index (κ1) is 12.7. The van der Waals surface area contributed by atoms with Crippen LogP contribution in [-0.4, -0.2) is 35.2 Å². The molecular weight excluding hydrogens is 187 g/mol. The Morgan fingerprint density at radius 2 is 1.54 bits per heavy atom. The first-order valence-corrected chi connectivity index (χ1v) is 5.07. The normalized spacial score (nSPS) is 10.2. The average molecular weight is 196 g/mol. The third-order valence-corrected chi connectivity index (χ3v) is 1.25. The van der Waals surface area contributed by atoms with E-state index in [2.05, 4.69) is 42.0 Å². The van der Waals surface area contributed by atoms with E-state index in [-0.39, 0.29) is 0 Å². The van der Waals surface area contributed by atoms with Crippen molar-refractivity contribution in [2.24, 2.45) is 0 Å². The van der Waals surface area contributed by atoms with Crippen molar-refractivity contribution in [2.45, 2.75) is 5.09 Å². The van der Waals surface area contributed by atoms with Crippen LogP contribution in [0.2, 0.25) is 0 Å². The van der Waals surface area contributed by atoms with Crippen molar-refractivity contribution in [3.63, 3.8) is 0 Å². The molecule has 0 heterocycles. The fourth-order valence-corrected chi connectivity index (χ4v) is 0.714. The van der Waals surface area contributed by atoms with Crippen molar-refractivity contribution in [3.05, 3.63) is 35.9 Å². The van der Waals surface area contributed by atoms with E-state index >= 15 is 0 Å². The number of benzene rings is 1. The van der Waals surface area contributed by atoms with Crippen LogP contribution in [0, 0.1) is 0 Å². The summed E-state index contributed by atoms with van der Waals surface area (Å²) < 4.78 is 31.6. The monoisotopic (exact) mass is 196 g/mol. The van der Waals surface area contributed by atoms with Gasteiger partial charge in [0.1, 0.15) is 0 Å². The molecular formula is C7H9LiO4S. The standard InChI is InChI=1S/C7H7.Li.H2O4S/c1-7-5-3-2-4-6-7;;1-5(2,3)4/h2-6H,1H2;;(H2,1,2,3,4). The Hall–Kier alpha value is -0.313. The summed E-state index contributed by atoms with van der Waals surface area (Å²) in [4.78, 5) is 0. The Labute approximate surface area is 86.8 Å². The molecule has 2 N–H and O–H groups in total. The quantitative estimate of drug-likeness (QED) is 0.512. The summed E-state index contributed by atoms with van der Waals surface area (Å²) >= 11 is 2.16. The molecule has 0 radical (unpaired) electrons. The third kappa shape index (κ3) is 11.7. The van der Waals surface area contributed by atoms with Crippen LogP contribution in [-0.2, 0) is 15.5 Å². The number of hydrogen-bond acceptors (Lipinski definition) is 2. The Morgan fingerprint density at radius 3 is 1.77 bits per heavy atom. The molecule has 0 aliphatic carbocycles. The molecule has 68 valence electrons. The van der Waals surface area contributed by atoms with Gasteiger partial charge in [-0.1, -0.05) is 0 Å². The van der Waals surface area contributed by atoms with Crippen LogP contribution in [0.3, 0.4) is 0 Å². The van der Waals surface area contributed by atoms with E-state index in [4.69, 9.17) is 17.5 Å². The third-order valence-electron chi connectivity index (χ3n) is 1.25. The van der Waals surface area contributed by atoms with Crippen LogP contribution in [0.4, 0.5) is 0 Å². The summed E-state index contributed by atoms with van der Waals surface area (Å²) in [6.07, 6.45) is 0. The van der Waals surface area contributed by atoms with Gasteiger partial charge in [0, 0.05) is 0 Å². The summed E-state index contributed by atoms with van der Waals surface area (Å²) in [5.74, 6) is 0. The Balaban J connectivity index is 0.000000252. The molecule has 0 saturated carbocycles. The van der Waals surface area contributed by atoms with E-state index in [1.54, 1.807) is 0 Å². The van der Waals surface area contributed by atoms with Crippen LogP contribution >= 0.6 is 0 Å². The molecule has 4 nitrogen and oxygen atoms in total.